The van der Waals surface area contributed by atoms with Gasteiger partial charge in [0.2, 0.25) is 0 Å². The Morgan fingerprint density at radius 2 is 1.85 bits per heavy atom. The number of aliphatic carboxylic acids is 1. The van der Waals surface area contributed by atoms with Gasteiger partial charge in [-0.25, -0.2) is 0 Å². The van der Waals surface area contributed by atoms with Crippen LogP contribution in [0.2, 0.25) is 0 Å². The molecule has 0 aliphatic heterocycles. The second kappa shape index (κ2) is 7.62. The minimum absolute atomic E-state index is 0.0345. The number of hydrogen-bond acceptors (Lipinski definition) is 2. The zero-order valence-electron chi connectivity index (χ0n) is 13.9. The van der Waals surface area contributed by atoms with E-state index in [-0.39, 0.29) is 25.4 Å². The first-order chi connectivity index (χ1) is 12.2. The van der Waals surface area contributed by atoms with E-state index in [9.17, 15) is 18.0 Å². The van der Waals surface area contributed by atoms with Crippen LogP contribution in [0.4, 0.5) is 13.2 Å². The maximum atomic E-state index is 12.8. The summed E-state index contributed by atoms with van der Waals surface area (Å²) >= 11 is 2.17. The van der Waals surface area contributed by atoms with Crippen LogP contribution < -0.4 is 4.74 Å². The van der Waals surface area contributed by atoms with Crippen molar-refractivity contribution in [3.8, 4) is 5.75 Å². The van der Waals surface area contributed by atoms with Gasteiger partial charge in [-0.1, -0.05) is 24.3 Å². The number of benzene rings is 2. The Morgan fingerprint density at radius 3 is 2.46 bits per heavy atom. The van der Waals surface area contributed by atoms with E-state index < -0.39 is 18.1 Å². The summed E-state index contributed by atoms with van der Waals surface area (Å²) in [5.41, 5.74) is 0.722. The molecular weight excluding hydrogens is 460 g/mol. The van der Waals surface area contributed by atoms with Crippen LogP contribution in [-0.4, -0.2) is 23.4 Å². The van der Waals surface area contributed by atoms with E-state index in [4.69, 9.17) is 9.84 Å². The summed E-state index contributed by atoms with van der Waals surface area (Å²) in [6, 6.07) is 9.15. The van der Waals surface area contributed by atoms with E-state index in [1.54, 1.807) is 6.07 Å². The molecule has 26 heavy (non-hydrogen) atoms. The van der Waals surface area contributed by atoms with Crippen LogP contribution in [0.25, 0.3) is 10.8 Å². The minimum Gasteiger partial charge on any atom is -0.489 e. The van der Waals surface area contributed by atoms with E-state index in [0.717, 1.165) is 19.9 Å². The minimum atomic E-state index is -4.12. The van der Waals surface area contributed by atoms with Crippen molar-refractivity contribution in [2.45, 2.75) is 44.4 Å². The lowest BCUT2D eigenvalue weighted by molar-refractivity contribution is -0.185. The molecule has 0 amide bonds. The van der Waals surface area contributed by atoms with Crippen LogP contribution in [0.3, 0.4) is 0 Å². The van der Waals surface area contributed by atoms with Crippen LogP contribution in [0.15, 0.2) is 30.3 Å². The van der Waals surface area contributed by atoms with Crippen molar-refractivity contribution < 1.29 is 27.8 Å². The lowest BCUT2D eigenvalue weighted by Crippen LogP contribution is -2.32. The third-order valence-corrected chi connectivity index (χ3v) is 5.88. The Morgan fingerprint density at radius 1 is 1.15 bits per heavy atom. The number of halogens is 4. The molecule has 1 aliphatic carbocycles. The van der Waals surface area contributed by atoms with Crippen molar-refractivity contribution in [1.29, 1.82) is 0 Å². The number of carboxylic acid groups (broad SMARTS) is 1. The first-order valence-corrected chi connectivity index (χ1v) is 9.48. The second-order valence-corrected chi connectivity index (χ2v) is 7.72. The Bertz CT molecular complexity index is 812. The van der Waals surface area contributed by atoms with E-state index >= 15 is 0 Å². The number of alkyl halides is 3. The molecule has 2 aromatic rings. The third-order valence-electron chi connectivity index (χ3n) is 4.77. The number of carbonyl (C=O) groups is 1. The van der Waals surface area contributed by atoms with Gasteiger partial charge >= 0.3 is 12.1 Å². The van der Waals surface area contributed by atoms with Crippen LogP contribution >= 0.6 is 22.6 Å². The summed E-state index contributed by atoms with van der Waals surface area (Å²) in [7, 11) is 0. The largest absolute Gasteiger partial charge is 0.489 e. The molecule has 7 heteroatoms. The highest BCUT2D eigenvalue weighted by Crippen LogP contribution is 2.39. The van der Waals surface area contributed by atoms with Gasteiger partial charge in [0.05, 0.1) is 22.0 Å². The molecule has 0 saturated heterocycles. The van der Waals surface area contributed by atoms with Crippen LogP contribution in [0, 0.1) is 9.49 Å². The average Bonchev–Trinajstić information content (AvgIpc) is 2.56. The predicted molar refractivity (Wildman–Crippen MR) is 100 cm³/mol. The summed E-state index contributed by atoms with van der Waals surface area (Å²) in [6.45, 7) is 0. The summed E-state index contributed by atoms with van der Waals surface area (Å²) < 4.78 is 45.2. The molecule has 1 N–H and O–H groups in total. The topological polar surface area (TPSA) is 46.5 Å². The van der Waals surface area contributed by atoms with Crippen molar-refractivity contribution >= 4 is 39.3 Å². The lowest BCUT2D eigenvalue weighted by Gasteiger charge is -2.30. The summed E-state index contributed by atoms with van der Waals surface area (Å²) in [5.74, 6) is -1.43. The molecule has 0 heterocycles. The average molecular weight is 478 g/mol. The molecule has 2 aromatic carbocycles. The van der Waals surface area contributed by atoms with Crippen molar-refractivity contribution in [3.05, 3.63) is 39.5 Å². The monoisotopic (exact) mass is 478 g/mol. The molecule has 0 bridgehead atoms. The zero-order valence-corrected chi connectivity index (χ0v) is 16.0. The highest BCUT2D eigenvalue weighted by Gasteiger charge is 2.41. The Balaban J connectivity index is 1.73. The highest BCUT2D eigenvalue weighted by atomic mass is 127. The molecule has 3 rings (SSSR count). The quantitative estimate of drug-likeness (QED) is 0.585. The number of hydrogen-bond donors (Lipinski definition) is 1. The van der Waals surface area contributed by atoms with Gasteiger partial charge in [0, 0.05) is 0 Å². The van der Waals surface area contributed by atoms with Gasteiger partial charge in [-0.05, 0) is 70.7 Å². The fraction of sp³-hybridized carbons (Fsp3) is 0.421. The first kappa shape index (κ1) is 19.3. The van der Waals surface area contributed by atoms with Crippen LogP contribution in [0.5, 0.6) is 5.75 Å². The fourth-order valence-corrected chi connectivity index (χ4v) is 4.18. The Kier molecular flexibility index (Phi) is 5.64. The smallest absolute Gasteiger partial charge is 0.391 e. The second-order valence-electron chi connectivity index (χ2n) is 6.64. The summed E-state index contributed by atoms with van der Waals surface area (Å²) in [6.07, 6.45) is -3.34. The van der Waals surface area contributed by atoms with Crippen molar-refractivity contribution in [3.63, 3.8) is 0 Å². The molecule has 0 radical (unpaired) electrons. The molecule has 1 saturated carbocycles. The molecule has 1 aliphatic rings. The van der Waals surface area contributed by atoms with Gasteiger partial charge in [0.15, 0.2) is 0 Å². The molecule has 0 spiro atoms. The Labute approximate surface area is 162 Å². The van der Waals surface area contributed by atoms with E-state index in [1.165, 1.54) is 0 Å². The standard InChI is InChI=1S/C19H18F3IO3/c20-19(21,22)13-3-5-14(6-4-13)26-16-8-2-12-9-11(10-17(24)25)1-7-15(12)18(16)23/h1-2,7-9,13-14H,3-6,10H2,(H,24,25). The SMILES string of the molecule is O=C(O)Cc1ccc2c(I)c(OC3CCC(C(F)(F)F)CC3)ccc2c1. The molecule has 0 atom stereocenters. The van der Waals surface area contributed by atoms with Gasteiger partial charge in [-0.2, -0.15) is 13.2 Å². The van der Waals surface area contributed by atoms with Crippen molar-refractivity contribution in [2.24, 2.45) is 5.92 Å². The fourth-order valence-electron chi connectivity index (χ4n) is 3.38. The zero-order chi connectivity index (χ0) is 18.9. The van der Waals surface area contributed by atoms with Gasteiger partial charge < -0.3 is 9.84 Å². The van der Waals surface area contributed by atoms with Gasteiger partial charge in [0.25, 0.3) is 0 Å². The highest BCUT2D eigenvalue weighted by molar-refractivity contribution is 14.1. The third kappa shape index (κ3) is 4.42. The summed E-state index contributed by atoms with van der Waals surface area (Å²) in [5, 5.41) is 10.8. The lowest BCUT2D eigenvalue weighted by atomic mass is 9.87. The van der Waals surface area contributed by atoms with E-state index in [1.807, 2.05) is 24.3 Å². The van der Waals surface area contributed by atoms with E-state index in [2.05, 4.69) is 22.6 Å². The van der Waals surface area contributed by atoms with Crippen LogP contribution in [0.1, 0.15) is 31.2 Å². The number of fused-ring (bicyclic) bond motifs is 1. The van der Waals surface area contributed by atoms with Crippen LogP contribution in [-0.2, 0) is 11.2 Å². The predicted octanol–water partition coefficient (Wildman–Crippen LogP) is 5.57. The molecule has 0 aromatic heterocycles. The maximum Gasteiger partial charge on any atom is 0.391 e. The molecule has 140 valence electrons. The van der Waals surface area contributed by atoms with Gasteiger partial charge in [-0.15, -0.1) is 0 Å². The molecule has 1 fully saturated rings. The number of ether oxygens (including phenoxy) is 1. The van der Waals surface area contributed by atoms with Crippen molar-refractivity contribution in [1.82, 2.24) is 0 Å². The number of rotatable bonds is 4. The molecule has 3 nitrogen and oxygen atoms in total. The van der Waals surface area contributed by atoms with Crippen molar-refractivity contribution in [2.75, 3.05) is 0 Å². The molecule has 0 unspecified atom stereocenters. The van der Waals surface area contributed by atoms with Gasteiger partial charge in [0.1, 0.15) is 5.75 Å². The number of carboxylic acids is 1. The summed E-state index contributed by atoms with van der Waals surface area (Å²) in [4.78, 5) is 10.8. The Hall–Kier alpha value is -1.51. The van der Waals surface area contributed by atoms with E-state index in [0.29, 0.717) is 18.6 Å². The normalized spacial score (nSPS) is 20.9. The maximum absolute atomic E-state index is 12.8. The first-order valence-electron chi connectivity index (χ1n) is 8.40. The molecular formula is C19H18F3IO3. The van der Waals surface area contributed by atoms with Gasteiger partial charge in [-0.3, -0.25) is 4.79 Å².